The number of halogens is 3. The molecule has 0 amide bonds. The molecule has 140 valence electrons. The normalized spacial score (nSPS) is 11.3. The van der Waals surface area contributed by atoms with E-state index in [1.165, 1.54) is 0 Å². The average molecular weight is 473 g/mol. The van der Waals surface area contributed by atoms with E-state index in [2.05, 4.69) is 28.1 Å². The Balaban J connectivity index is 1.95. The van der Waals surface area contributed by atoms with E-state index in [4.69, 9.17) is 23.2 Å². The van der Waals surface area contributed by atoms with Gasteiger partial charge >= 0.3 is 0 Å². The molecule has 2 nitrogen and oxygen atoms in total. The first-order valence-corrected chi connectivity index (χ1v) is 10.3. The minimum Gasteiger partial charge on any atom is -0.311 e. The number of aryl methyl sites for hydroxylation is 1. The van der Waals surface area contributed by atoms with Crippen molar-refractivity contribution in [3.63, 3.8) is 0 Å². The number of benzene rings is 3. The van der Waals surface area contributed by atoms with Gasteiger partial charge in [0.15, 0.2) is 0 Å². The summed E-state index contributed by atoms with van der Waals surface area (Å²) in [6, 6.07) is 23.6. The maximum atomic E-state index is 12.1. The van der Waals surface area contributed by atoms with Gasteiger partial charge in [-0.15, -0.1) is 0 Å². The summed E-state index contributed by atoms with van der Waals surface area (Å²) < 4.78 is 2.45. The molecule has 5 heteroatoms. The molecule has 4 aromatic rings. The van der Waals surface area contributed by atoms with E-state index in [1.807, 2.05) is 54.6 Å². The van der Waals surface area contributed by atoms with Crippen molar-refractivity contribution < 1.29 is 0 Å². The van der Waals surface area contributed by atoms with Crippen LogP contribution < -0.4 is 5.56 Å². The first-order chi connectivity index (χ1) is 13.4. The predicted molar refractivity (Wildman–Crippen MR) is 121 cm³/mol. The topological polar surface area (TPSA) is 22.0 Å². The summed E-state index contributed by atoms with van der Waals surface area (Å²) in [5, 5.41) is 2.40. The van der Waals surface area contributed by atoms with E-state index in [9.17, 15) is 4.79 Å². The van der Waals surface area contributed by atoms with Crippen molar-refractivity contribution in [1.82, 2.24) is 4.57 Å². The van der Waals surface area contributed by atoms with Gasteiger partial charge < -0.3 is 4.57 Å². The number of hydrogen-bond donors (Lipinski definition) is 0. The fourth-order valence-corrected chi connectivity index (χ4v) is 4.27. The molecular formula is C23H16BrCl2NO. The van der Waals surface area contributed by atoms with Crippen LogP contribution in [0.3, 0.4) is 0 Å². The van der Waals surface area contributed by atoms with Crippen LogP contribution >= 0.6 is 39.1 Å². The number of aromatic nitrogens is 1. The molecule has 0 aliphatic heterocycles. The fraction of sp³-hybridized carbons (Fsp3) is 0.0870. The molecule has 0 aliphatic carbocycles. The third-order valence-electron chi connectivity index (χ3n) is 4.96. The minimum absolute atomic E-state index is 0.0167. The Hall–Kier alpha value is -2.07. The summed E-state index contributed by atoms with van der Waals surface area (Å²) in [6.45, 7) is 0. The number of fused-ring (bicyclic) bond motifs is 1. The molecule has 0 bridgehead atoms. The molecule has 0 saturated carbocycles. The van der Waals surface area contributed by atoms with Crippen LogP contribution in [0.4, 0.5) is 0 Å². The lowest BCUT2D eigenvalue weighted by molar-refractivity contribution is 0.902. The Morgan fingerprint density at radius 1 is 0.786 bits per heavy atom. The van der Waals surface area contributed by atoms with E-state index in [0.29, 0.717) is 10.0 Å². The fourth-order valence-electron chi connectivity index (χ4n) is 3.51. The van der Waals surface area contributed by atoms with Crippen molar-refractivity contribution in [1.29, 1.82) is 0 Å². The molecule has 4 rings (SSSR count). The highest BCUT2D eigenvalue weighted by Crippen LogP contribution is 2.35. The van der Waals surface area contributed by atoms with Crippen molar-refractivity contribution in [2.45, 2.75) is 5.92 Å². The van der Waals surface area contributed by atoms with Gasteiger partial charge in [-0.2, -0.15) is 0 Å². The maximum Gasteiger partial charge on any atom is 0.251 e. The van der Waals surface area contributed by atoms with E-state index in [1.54, 1.807) is 17.7 Å². The Bertz CT molecular complexity index is 1170. The van der Waals surface area contributed by atoms with Crippen molar-refractivity contribution in [2.75, 3.05) is 0 Å². The minimum atomic E-state index is -0.0425. The second-order valence-electron chi connectivity index (χ2n) is 6.70. The zero-order chi connectivity index (χ0) is 19.8. The van der Waals surface area contributed by atoms with Crippen LogP contribution in [0.15, 0.2) is 82.1 Å². The summed E-state index contributed by atoms with van der Waals surface area (Å²) >= 11 is 15.8. The lowest BCUT2D eigenvalue weighted by Crippen LogP contribution is -2.16. The molecule has 0 fully saturated rings. The summed E-state index contributed by atoms with van der Waals surface area (Å²) in [4.78, 5) is 12.1. The first kappa shape index (κ1) is 19.3. The lowest BCUT2D eigenvalue weighted by Gasteiger charge is -2.20. The molecule has 0 atom stereocenters. The van der Waals surface area contributed by atoms with Crippen LogP contribution in [0.1, 0.15) is 22.6 Å². The number of nitrogens with zero attached hydrogens (tertiary/aromatic N) is 1. The van der Waals surface area contributed by atoms with Gasteiger partial charge in [0, 0.05) is 38.9 Å². The monoisotopic (exact) mass is 471 g/mol. The predicted octanol–water partition coefficient (Wildman–Crippen LogP) is 6.79. The molecule has 1 aromatic heterocycles. The van der Waals surface area contributed by atoms with E-state index < -0.39 is 0 Å². The SMILES string of the molecule is Cn1c(=O)cc(Br)c2cc(C(c3ccc(Cl)cc3)c3ccc(Cl)cc3)ccc21. The van der Waals surface area contributed by atoms with Crippen LogP contribution in [0.2, 0.25) is 10.0 Å². The molecule has 0 saturated heterocycles. The van der Waals surface area contributed by atoms with Gasteiger partial charge in [-0.1, -0.05) is 53.5 Å². The molecule has 0 radical (unpaired) electrons. The van der Waals surface area contributed by atoms with Gasteiger partial charge in [0.05, 0.1) is 5.52 Å². The summed E-state index contributed by atoms with van der Waals surface area (Å²) in [7, 11) is 1.78. The molecule has 0 spiro atoms. The van der Waals surface area contributed by atoms with Gasteiger partial charge in [0.2, 0.25) is 0 Å². The maximum absolute atomic E-state index is 12.1. The second-order valence-corrected chi connectivity index (χ2v) is 8.43. The number of rotatable bonds is 3. The van der Waals surface area contributed by atoms with E-state index >= 15 is 0 Å². The Kier molecular flexibility index (Phi) is 5.33. The molecule has 28 heavy (non-hydrogen) atoms. The zero-order valence-electron chi connectivity index (χ0n) is 15.0. The Morgan fingerprint density at radius 3 is 1.82 bits per heavy atom. The summed E-state index contributed by atoms with van der Waals surface area (Å²) in [5.41, 5.74) is 4.23. The summed E-state index contributed by atoms with van der Waals surface area (Å²) in [5.74, 6) is 0.0167. The Morgan fingerprint density at radius 2 is 1.29 bits per heavy atom. The summed E-state index contributed by atoms with van der Waals surface area (Å²) in [6.07, 6.45) is 0. The van der Waals surface area contributed by atoms with E-state index in [0.717, 1.165) is 32.1 Å². The van der Waals surface area contributed by atoms with Crippen LogP contribution in [0, 0.1) is 0 Å². The van der Waals surface area contributed by atoms with Crippen LogP contribution in [0.25, 0.3) is 10.9 Å². The largest absolute Gasteiger partial charge is 0.311 e. The highest BCUT2D eigenvalue weighted by Gasteiger charge is 2.18. The van der Waals surface area contributed by atoms with Crippen molar-refractivity contribution >= 4 is 50.0 Å². The van der Waals surface area contributed by atoms with Crippen molar-refractivity contribution in [3.05, 3.63) is 114 Å². The number of pyridine rings is 1. The van der Waals surface area contributed by atoms with Crippen LogP contribution in [0.5, 0.6) is 0 Å². The molecule has 1 heterocycles. The quantitative estimate of drug-likeness (QED) is 0.301. The molecule has 0 unspecified atom stereocenters. The third-order valence-corrected chi connectivity index (χ3v) is 6.12. The zero-order valence-corrected chi connectivity index (χ0v) is 18.1. The molecular weight excluding hydrogens is 457 g/mol. The third kappa shape index (κ3) is 3.62. The molecule has 0 N–H and O–H groups in total. The second kappa shape index (κ2) is 7.75. The van der Waals surface area contributed by atoms with E-state index in [-0.39, 0.29) is 11.5 Å². The first-order valence-electron chi connectivity index (χ1n) is 8.74. The lowest BCUT2D eigenvalue weighted by atomic mass is 9.84. The van der Waals surface area contributed by atoms with Crippen LogP contribution in [-0.2, 0) is 7.05 Å². The number of hydrogen-bond acceptors (Lipinski definition) is 1. The molecule has 0 aliphatic rings. The van der Waals surface area contributed by atoms with Crippen molar-refractivity contribution in [2.24, 2.45) is 7.05 Å². The highest BCUT2D eigenvalue weighted by atomic mass is 79.9. The highest BCUT2D eigenvalue weighted by molar-refractivity contribution is 9.10. The van der Waals surface area contributed by atoms with Gasteiger partial charge in [-0.25, -0.2) is 0 Å². The van der Waals surface area contributed by atoms with Gasteiger partial charge in [0.1, 0.15) is 0 Å². The van der Waals surface area contributed by atoms with Gasteiger partial charge in [-0.05, 0) is 69.0 Å². The smallest absolute Gasteiger partial charge is 0.251 e. The van der Waals surface area contributed by atoms with Gasteiger partial charge in [-0.3, -0.25) is 4.79 Å². The Labute approximate surface area is 181 Å². The van der Waals surface area contributed by atoms with Gasteiger partial charge in [0.25, 0.3) is 5.56 Å². The average Bonchev–Trinajstić information content (AvgIpc) is 2.69. The van der Waals surface area contributed by atoms with Crippen LogP contribution in [-0.4, -0.2) is 4.57 Å². The molecule has 3 aromatic carbocycles. The van der Waals surface area contributed by atoms with Crippen molar-refractivity contribution in [3.8, 4) is 0 Å². The standard InChI is InChI=1S/C23H16BrCl2NO/c1-27-21-11-6-16(12-19(21)20(24)13-22(27)28)23(14-2-7-17(25)8-3-14)15-4-9-18(26)10-5-15/h2-13,23H,1H3.